The maximum absolute atomic E-state index is 12.8. The lowest BCUT2D eigenvalue weighted by Crippen LogP contribution is -2.31. The zero-order chi connectivity index (χ0) is 24.6. The number of pyridine rings is 1. The molecule has 0 N–H and O–H groups in total. The molecule has 0 bridgehead atoms. The first-order valence-electron chi connectivity index (χ1n) is 11.5. The van der Waals surface area contributed by atoms with Gasteiger partial charge in [-0.2, -0.15) is 13.2 Å². The van der Waals surface area contributed by atoms with E-state index in [1.165, 1.54) is 23.3 Å². The predicted molar refractivity (Wildman–Crippen MR) is 129 cm³/mol. The average molecular weight is 475 g/mol. The van der Waals surface area contributed by atoms with Crippen LogP contribution >= 0.6 is 0 Å². The first-order chi connectivity index (χ1) is 16.8. The molecule has 4 aromatic rings. The molecule has 35 heavy (non-hydrogen) atoms. The lowest BCUT2D eigenvalue weighted by molar-refractivity contribution is -0.137. The Balaban J connectivity index is 1.26. The quantitative estimate of drug-likeness (QED) is 0.343. The van der Waals surface area contributed by atoms with E-state index in [-0.39, 0.29) is 0 Å². The SMILES string of the molecule is Cc1cccc(-c2ccc(CN3CCc4nc(-c5ccc(C(F)(F)F)cc5)ncc4C3)cn2)c1C. The minimum atomic E-state index is -4.35. The van der Waals surface area contributed by atoms with Gasteiger partial charge in [0, 0.05) is 55.1 Å². The third kappa shape index (κ3) is 4.95. The molecule has 7 heteroatoms. The van der Waals surface area contributed by atoms with Crippen molar-refractivity contribution in [2.75, 3.05) is 6.54 Å². The van der Waals surface area contributed by atoms with Crippen molar-refractivity contribution in [2.24, 2.45) is 0 Å². The molecule has 0 aliphatic carbocycles. The van der Waals surface area contributed by atoms with Gasteiger partial charge in [-0.1, -0.05) is 36.4 Å². The number of aromatic nitrogens is 3. The van der Waals surface area contributed by atoms with Gasteiger partial charge in [-0.15, -0.1) is 0 Å². The van der Waals surface area contributed by atoms with E-state index in [4.69, 9.17) is 4.98 Å². The van der Waals surface area contributed by atoms with Crippen LogP contribution in [0.4, 0.5) is 13.2 Å². The summed E-state index contributed by atoms with van der Waals surface area (Å²) in [5.74, 6) is 0.456. The summed E-state index contributed by atoms with van der Waals surface area (Å²) in [4.78, 5) is 16.1. The molecular formula is C28H25F3N4. The van der Waals surface area contributed by atoms with E-state index in [1.807, 2.05) is 6.20 Å². The summed E-state index contributed by atoms with van der Waals surface area (Å²) < 4.78 is 38.5. The molecule has 4 nitrogen and oxygen atoms in total. The van der Waals surface area contributed by atoms with Crippen LogP contribution in [-0.4, -0.2) is 26.4 Å². The van der Waals surface area contributed by atoms with Crippen LogP contribution in [0.2, 0.25) is 0 Å². The number of aryl methyl sites for hydroxylation is 1. The molecule has 0 atom stereocenters. The molecule has 1 aliphatic heterocycles. The monoisotopic (exact) mass is 474 g/mol. The summed E-state index contributed by atoms with van der Waals surface area (Å²) in [5, 5.41) is 0. The second-order valence-corrected chi connectivity index (χ2v) is 9.00. The zero-order valence-electron chi connectivity index (χ0n) is 19.6. The van der Waals surface area contributed by atoms with Gasteiger partial charge in [-0.25, -0.2) is 9.97 Å². The number of nitrogens with zero attached hydrogens (tertiary/aromatic N) is 4. The molecule has 2 aromatic carbocycles. The minimum absolute atomic E-state index is 0.456. The molecule has 0 saturated heterocycles. The molecule has 3 heterocycles. The van der Waals surface area contributed by atoms with Crippen molar-refractivity contribution in [2.45, 2.75) is 39.5 Å². The molecule has 1 aliphatic rings. The molecule has 178 valence electrons. The van der Waals surface area contributed by atoms with E-state index in [9.17, 15) is 13.2 Å². The van der Waals surface area contributed by atoms with E-state index >= 15 is 0 Å². The largest absolute Gasteiger partial charge is 0.416 e. The summed E-state index contributed by atoms with van der Waals surface area (Å²) in [5.41, 5.74) is 7.68. The van der Waals surface area contributed by atoms with E-state index in [0.717, 1.165) is 66.3 Å². The molecule has 0 unspecified atom stereocenters. The molecule has 0 fully saturated rings. The Bertz CT molecular complexity index is 1350. The summed E-state index contributed by atoms with van der Waals surface area (Å²) in [6.07, 6.45) is 0.147. The van der Waals surface area contributed by atoms with E-state index in [0.29, 0.717) is 11.4 Å². The van der Waals surface area contributed by atoms with Gasteiger partial charge in [-0.3, -0.25) is 9.88 Å². The average Bonchev–Trinajstić information content (AvgIpc) is 2.85. The second-order valence-electron chi connectivity index (χ2n) is 9.00. The van der Waals surface area contributed by atoms with Gasteiger partial charge in [0.2, 0.25) is 0 Å². The fourth-order valence-corrected chi connectivity index (χ4v) is 4.42. The molecule has 2 aromatic heterocycles. The van der Waals surface area contributed by atoms with E-state index in [1.54, 1.807) is 6.20 Å². The van der Waals surface area contributed by atoms with Crippen molar-refractivity contribution in [1.29, 1.82) is 0 Å². The van der Waals surface area contributed by atoms with Crippen molar-refractivity contribution in [3.05, 3.63) is 101 Å². The summed E-state index contributed by atoms with van der Waals surface area (Å²) in [6.45, 7) is 6.57. The summed E-state index contributed by atoms with van der Waals surface area (Å²) in [7, 11) is 0. The first kappa shape index (κ1) is 23.2. The first-order valence-corrected chi connectivity index (χ1v) is 11.5. The van der Waals surface area contributed by atoms with Crippen LogP contribution in [0, 0.1) is 13.8 Å². The lowest BCUT2D eigenvalue weighted by atomic mass is 10.0. The van der Waals surface area contributed by atoms with Crippen LogP contribution in [0.15, 0.2) is 67.0 Å². The van der Waals surface area contributed by atoms with Gasteiger partial charge in [0.1, 0.15) is 0 Å². The highest BCUT2D eigenvalue weighted by atomic mass is 19.4. The molecule has 0 radical (unpaired) electrons. The minimum Gasteiger partial charge on any atom is -0.294 e. The molecule has 5 rings (SSSR count). The van der Waals surface area contributed by atoms with Crippen LogP contribution in [0.1, 0.15) is 33.5 Å². The number of alkyl halides is 3. The van der Waals surface area contributed by atoms with Crippen LogP contribution in [-0.2, 0) is 25.7 Å². The summed E-state index contributed by atoms with van der Waals surface area (Å²) >= 11 is 0. The highest BCUT2D eigenvalue weighted by molar-refractivity contribution is 5.65. The highest BCUT2D eigenvalue weighted by Crippen LogP contribution is 2.31. The Labute approximate surface area is 202 Å². The van der Waals surface area contributed by atoms with Gasteiger partial charge < -0.3 is 0 Å². The van der Waals surface area contributed by atoms with Gasteiger partial charge in [0.05, 0.1) is 17.0 Å². The number of hydrogen-bond acceptors (Lipinski definition) is 4. The van der Waals surface area contributed by atoms with Crippen molar-refractivity contribution >= 4 is 0 Å². The van der Waals surface area contributed by atoms with E-state index < -0.39 is 11.7 Å². The van der Waals surface area contributed by atoms with Crippen molar-refractivity contribution in [3.8, 4) is 22.6 Å². The molecule has 0 saturated carbocycles. The zero-order valence-corrected chi connectivity index (χ0v) is 19.6. The van der Waals surface area contributed by atoms with Gasteiger partial charge >= 0.3 is 6.18 Å². The Morgan fingerprint density at radius 2 is 1.71 bits per heavy atom. The topological polar surface area (TPSA) is 41.9 Å². The van der Waals surface area contributed by atoms with Crippen LogP contribution in [0.25, 0.3) is 22.6 Å². The number of benzene rings is 2. The van der Waals surface area contributed by atoms with Crippen molar-refractivity contribution in [1.82, 2.24) is 19.9 Å². The number of rotatable bonds is 4. The third-order valence-corrected chi connectivity index (χ3v) is 6.59. The highest BCUT2D eigenvalue weighted by Gasteiger charge is 2.30. The van der Waals surface area contributed by atoms with Crippen LogP contribution in [0.5, 0.6) is 0 Å². The number of fused-ring (bicyclic) bond motifs is 1. The summed E-state index contributed by atoms with van der Waals surface area (Å²) in [6, 6.07) is 15.5. The maximum atomic E-state index is 12.8. The van der Waals surface area contributed by atoms with Gasteiger partial charge in [0.15, 0.2) is 5.82 Å². The Morgan fingerprint density at radius 3 is 2.43 bits per heavy atom. The van der Waals surface area contributed by atoms with Gasteiger partial charge in [-0.05, 0) is 48.7 Å². The maximum Gasteiger partial charge on any atom is 0.416 e. The van der Waals surface area contributed by atoms with Crippen LogP contribution in [0.3, 0.4) is 0 Å². The number of halogens is 3. The lowest BCUT2D eigenvalue weighted by Gasteiger charge is -2.28. The smallest absolute Gasteiger partial charge is 0.294 e. The van der Waals surface area contributed by atoms with Crippen molar-refractivity contribution in [3.63, 3.8) is 0 Å². The molecule has 0 spiro atoms. The molecular weight excluding hydrogens is 449 g/mol. The Morgan fingerprint density at radius 1 is 0.914 bits per heavy atom. The normalized spacial score (nSPS) is 14.1. The Hall–Kier alpha value is -3.58. The van der Waals surface area contributed by atoms with Crippen molar-refractivity contribution < 1.29 is 13.2 Å². The fourth-order valence-electron chi connectivity index (χ4n) is 4.42. The standard InChI is InChI=1S/C28H25F3N4/c1-18-4-3-5-24(19(18)2)26-11-6-20(14-32-26)16-35-13-12-25-22(17-35)15-33-27(34-25)21-7-9-23(10-8-21)28(29,30)31/h3-11,14-15H,12-13,16-17H2,1-2H3. The molecule has 0 amide bonds. The predicted octanol–water partition coefficient (Wildman–Crippen LogP) is 6.40. The van der Waals surface area contributed by atoms with Crippen LogP contribution < -0.4 is 0 Å². The van der Waals surface area contributed by atoms with Gasteiger partial charge in [0.25, 0.3) is 0 Å². The Kier molecular flexibility index (Phi) is 6.11. The fraction of sp³-hybridized carbons (Fsp3) is 0.250. The number of hydrogen-bond donors (Lipinski definition) is 0. The second kappa shape index (κ2) is 9.23. The van der Waals surface area contributed by atoms with E-state index in [2.05, 4.69) is 59.0 Å². The third-order valence-electron chi connectivity index (χ3n) is 6.59.